The van der Waals surface area contributed by atoms with Gasteiger partial charge in [-0.2, -0.15) is 4.99 Å². The van der Waals surface area contributed by atoms with Gasteiger partial charge >= 0.3 is 0 Å². The number of isothiocyanates is 1. The number of ether oxygens (including phenoxy) is 1. The molecule has 1 heterocycles. The summed E-state index contributed by atoms with van der Waals surface area (Å²) in [5.41, 5.74) is 0. The minimum atomic E-state index is 0.481. The van der Waals surface area contributed by atoms with Gasteiger partial charge in [-0.3, -0.25) is 0 Å². The number of nitrogens with zero attached hydrogens (tertiary/aromatic N) is 2. The average molecular weight is 180 g/mol. The van der Waals surface area contributed by atoms with Gasteiger partial charge in [-0.15, -0.1) is 0 Å². The number of aromatic nitrogens is 1. The van der Waals surface area contributed by atoms with Crippen LogP contribution in [0.3, 0.4) is 0 Å². The molecule has 0 N–H and O–H groups in total. The Labute approximate surface area is 76.1 Å². The van der Waals surface area contributed by atoms with Crippen molar-refractivity contribution in [2.45, 2.75) is 6.92 Å². The Bertz CT molecular complexity index is 308. The Morgan fingerprint density at radius 1 is 1.75 bits per heavy atom. The molecule has 0 fully saturated rings. The van der Waals surface area contributed by atoms with E-state index in [2.05, 4.69) is 27.4 Å². The van der Waals surface area contributed by atoms with Crippen molar-refractivity contribution in [3.8, 4) is 5.75 Å². The third kappa shape index (κ3) is 2.12. The molecule has 0 saturated heterocycles. The second kappa shape index (κ2) is 4.59. The highest BCUT2D eigenvalue weighted by molar-refractivity contribution is 7.78. The van der Waals surface area contributed by atoms with Gasteiger partial charge in [0, 0.05) is 6.20 Å². The van der Waals surface area contributed by atoms with E-state index in [1.165, 1.54) is 0 Å². The van der Waals surface area contributed by atoms with Gasteiger partial charge < -0.3 is 4.74 Å². The molecule has 0 amide bonds. The van der Waals surface area contributed by atoms with Gasteiger partial charge in [-0.1, -0.05) is 0 Å². The molecule has 0 saturated carbocycles. The monoisotopic (exact) mass is 180 g/mol. The van der Waals surface area contributed by atoms with Crippen molar-refractivity contribution in [3.05, 3.63) is 18.3 Å². The summed E-state index contributed by atoms with van der Waals surface area (Å²) in [4.78, 5) is 7.72. The molecule has 0 spiro atoms. The molecule has 0 radical (unpaired) electrons. The van der Waals surface area contributed by atoms with Gasteiger partial charge in [0.2, 0.25) is 5.82 Å². The van der Waals surface area contributed by atoms with Gasteiger partial charge in [-0.05, 0) is 31.3 Å². The zero-order valence-corrected chi connectivity index (χ0v) is 7.47. The van der Waals surface area contributed by atoms with Crippen molar-refractivity contribution in [3.63, 3.8) is 0 Å². The van der Waals surface area contributed by atoms with E-state index in [0.717, 1.165) is 0 Å². The van der Waals surface area contributed by atoms with Gasteiger partial charge in [0.1, 0.15) is 0 Å². The topological polar surface area (TPSA) is 34.5 Å². The summed E-state index contributed by atoms with van der Waals surface area (Å²) in [7, 11) is 0. The van der Waals surface area contributed by atoms with E-state index < -0.39 is 0 Å². The van der Waals surface area contributed by atoms with Crippen LogP contribution in [0.5, 0.6) is 5.75 Å². The third-order valence-corrected chi connectivity index (χ3v) is 1.29. The highest BCUT2D eigenvalue weighted by Crippen LogP contribution is 2.22. The molecule has 4 heteroatoms. The van der Waals surface area contributed by atoms with E-state index in [9.17, 15) is 0 Å². The second-order valence-electron chi connectivity index (χ2n) is 1.96. The van der Waals surface area contributed by atoms with E-state index >= 15 is 0 Å². The molecule has 0 aliphatic rings. The smallest absolute Gasteiger partial charge is 0.204 e. The van der Waals surface area contributed by atoms with Crippen molar-refractivity contribution in [2.24, 2.45) is 4.99 Å². The van der Waals surface area contributed by atoms with E-state index in [0.29, 0.717) is 18.2 Å². The molecule has 1 rings (SSSR count). The average Bonchev–Trinajstić information content (AvgIpc) is 2.09. The van der Waals surface area contributed by atoms with Crippen LogP contribution in [0.2, 0.25) is 0 Å². The molecule has 1 aromatic heterocycles. The molecule has 0 aliphatic carbocycles. The summed E-state index contributed by atoms with van der Waals surface area (Å²) in [5, 5.41) is 2.25. The SMILES string of the molecule is CCOc1cccnc1N=C=S. The fourth-order valence-corrected chi connectivity index (χ4v) is 0.864. The van der Waals surface area contributed by atoms with Gasteiger partial charge in [0.25, 0.3) is 0 Å². The summed E-state index contributed by atoms with van der Waals surface area (Å²) in [6, 6.07) is 3.58. The van der Waals surface area contributed by atoms with E-state index in [1.54, 1.807) is 18.3 Å². The largest absolute Gasteiger partial charge is 0.490 e. The van der Waals surface area contributed by atoms with Crippen LogP contribution in [0.25, 0.3) is 0 Å². The molecule has 0 aliphatic heterocycles. The molecular formula is C8H8N2OS. The Balaban J connectivity index is 2.99. The molecule has 1 aromatic rings. The number of thiocarbonyl (C=S) groups is 1. The second-order valence-corrected chi connectivity index (χ2v) is 2.14. The molecule has 0 bridgehead atoms. The van der Waals surface area contributed by atoms with Crippen LogP contribution in [0.15, 0.2) is 23.3 Å². The Morgan fingerprint density at radius 2 is 2.58 bits per heavy atom. The van der Waals surface area contributed by atoms with Gasteiger partial charge in [-0.25, -0.2) is 4.98 Å². The lowest BCUT2D eigenvalue weighted by Crippen LogP contribution is -1.92. The summed E-state index contributed by atoms with van der Waals surface area (Å²) in [6.07, 6.45) is 1.63. The normalized spacial score (nSPS) is 8.75. The molecule has 0 aromatic carbocycles. The predicted octanol–water partition coefficient (Wildman–Crippen LogP) is 2.21. The van der Waals surface area contributed by atoms with Crippen molar-refractivity contribution in [1.29, 1.82) is 0 Å². The molecule has 3 nitrogen and oxygen atoms in total. The first-order valence-corrected chi connectivity index (χ1v) is 3.95. The van der Waals surface area contributed by atoms with Crippen molar-refractivity contribution in [2.75, 3.05) is 6.61 Å². The summed E-state index contributed by atoms with van der Waals surface area (Å²) in [6.45, 7) is 2.49. The minimum absolute atomic E-state index is 0.481. The lowest BCUT2D eigenvalue weighted by molar-refractivity contribution is 0.340. The molecular weight excluding hydrogens is 172 g/mol. The molecule has 0 unspecified atom stereocenters. The number of pyridine rings is 1. The molecule has 62 valence electrons. The zero-order valence-electron chi connectivity index (χ0n) is 6.65. The molecule has 12 heavy (non-hydrogen) atoms. The van der Waals surface area contributed by atoms with E-state index in [1.807, 2.05) is 6.92 Å². The maximum atomic E-state index is 5.25. The summed E-state index contributed by atoms with van der Waals surface area (Å²) in [5.74, 6) is 1.12. The Kier molecular flexibility index (Phi) is 3.38. The molecule has 0 atom stereocenters. The Morgan fingerprint density at radius 3 is 3.25 bits per heavy atom. The van der Waals surface area contributed by atoms with Crippen molar-refractivity contribution >= 4 is 23.2 Å². The fourth-order valence-electron chi connectivity index (χ4n) is 0.778. The first-order chi connectivity index (χ1) is 5.88. The number of hydrogen-bond acceptors (Lipinski definition) is 4. The first-order valence-electron chi connectivity index (χ1n) is 3.54. The third-order valence-electron chi connectivity index (χ3n) is 1.20. The van der Waals surface area contributed by atoms with Gasteiger partial charge in [0.05, 0.1) is 11.8 Å². The van der Waals surface area contributed by atoms with Crippen LogP contribution in [0, 0.1) is 0 Å². The quantitative estimate of drug-likeness (QED) is 0.528. The van der Waals surface area contributed by atoms with E-state index in [-0.39, 0.29) is 0 Å². The number of hydrogen-bond donors (Lipinski definition) is 0. The van der Waals surface area contributed by atoms with Crippen LogP contribution in [-0.2, 0) is 0 Å². The standard InChI is InChI=1S/C8H8N2OS/c1-2-11-7-4-3-5-9-8(7)10-6-12/h3-5H,2H2,1H3. The highest BCUT2D eigenvalue weighted by atomic mass is 32.1. The summed E-state index contributed by atoms with van der Waals surface area (Å²) < 4.78 is 5.25. The number of rotatable bonds is 3. The van der Waals surface area contributed by atoms with Gasteiger partial charge in [0.15, 0.2) is 5.75 Å². The van der Waals surface area contributed by atoms with Crippen LogP contribution in [0.4, 0.5) is 5.82 Å². The number of aliphatic imine (C=N–C) groups is 1. The van der Waals surface area contributed by atoms with Crippen LogP contribution >= 0.6 is 12.2 Å². The van der Waals surface area contributed by atoms with Crippen LogP contribution < -0.4 is 4.74 Å². The van der Waals surface area contributed by atoms with E-state index in [4.69, 9.17) is 4.74 Å². The van der Waals surface area contributed by atoms with Crippen molar-refractivity contribution in [1.82, 2.24) is 4.98 Å². The lowest BCUT2D eigenvalue weighted by atomic mass is 10.4. The zero-order chi connectivity index (χ0) is 8.81. The maximum absolute atomic E-state index is 5.25. The Hall–Kier alpha value is -1.25. The van der Waals surface area contributed by atoms with Crippen LogP contribution in [-0.4, -0.2) is 16.8 Å². The lowest BCUT2D eigenvalue weighted by Gasteiger charge is -2.02. The minimum Gasteiger partial charge on any atom is -0.490 e. The summed E-state index contributed by atoms with van der Waals surface area (Å²) >= 11 is 4.47. The first kappa shape index (κ1) is 8.84. The highest BCUT2D eigenvalue weighted by Gasteiger charge is 1.99. The fraction of sp³-hybridized carbons (Fsp3) is 0.250. The van der Waals surface area contributed by atoms with Crippen LogP contribution in [0.1, 0.15) is 6.92 Å². The van der Waals surface area contributed by atoms with Crippen molar-refractivity contribution < 1.29 is 4.74 Å². The predicted molar refractivity (Wildman–Crippen MR) is 50.1 cm³/mol. The maximum Gasteiger partial charge on any atom is 0.204 e.